The molecule has 0 saturated heterocycles. The molecule has 0 spiro atoms. The highest BCUT2D eigenvalue weighted by Crippen LogP contribution is 2.41. The summed E-state index contributed by atoms with van der Waals surface area (Å²) in [7, 11) is 0. The molecule has 0 N–H and O–H groups in total. The van der Waals surface area contributed by atoms with E-state index >= 15 is 0 Å². The van der Waals surface area contributed by atoms with E-state index in [0.717, 1.165) is 36.9 Å². The monoisotopic (exact) mass is 346 g/mol. The van der Waals surface area contributed by atoms with Gasteiger partial charge in [-0.25, -0.2) is 0 Å². The second-order valence-electron chi connectivity index (χ2n) is 8.49. The Morgan fingerprint density at radius 3 is 2.16 bits per heavy atom. The van der Waals surface area contributed by atoms with Crippen LogP contribution in [0.1, 0.15) is 90.9 Å². The first-order valence-corrected chi connectivity index (χ1v) is 11.2. The lowest BCUT2D eigenvalue weighted by Gasteiger charge is -2.37. The number of rotatable bonds is 10. The highest BCUT2D eigenvalue weighted by atomic mass is 16.5. The van der Waals surface area contributed by atoms with Crippen LogP contribution in [0.15, 0.2) is 24.3 Å². The second kappa shape index (κ2) is 12.7. The fraction of sp³-hybridized carbons (Fsp3) is 0.833. The van der Waals surface area contributed by atoms with E-state index in [2.05, 4.69) is 38.2 Å². The molecule has 0 aromatic heterocycles. The molecule has 0 aromatic rings. The first kappa shape index (κ1) is 20.7. The number of unbranched alkanes of at least 4 members (excludes halogenated alkanes) is 3. The SMILES string of the molecule is C/C=C\COCC1CCC([C@H]2CC[C@H](/C=C/CCCCC)CC2)CC1. The minimum Gasteiger partial charge on any atom is -0.377 e. The van der Waals surface area contributed by atoms with E-state index in [1.807, 2.05) is 0 Å². The van der Waals surface area contributed by atoms with E-state index < -0.39 is 0 Å². The molecule has 144 valence electrons. The Labute approximate surface area is 157 Å². The van der Waals surface area contributed by atoms with Crippen molar-refractivity contribution in [1.29, 1.82) is 0 Å². The van der Waals surface area contributed by atoms with E-state index in [0.29, 0.717) is 0 Å². The van der Waals surface area contributed by atoms with Crippen molar-refractivity contribution in [3.05, 3.63) is 24.3 Å². The molecule has 2 saturated carbocycles. The summed E-state index contributed by atoms with van der Waals surface area (Å²) in [6, 6.07) is 0. The van der Waals surface area contributed by atoms with Gasteiger partial charge in [-0.1, -0.05) is 44.1 Å². The summed E-state index contributed by atoms with van der Waals surface area (Å²) in [4.78, 5) is 0. The molecule has 2 aliphatic rings. The zero-order chi connectivity index (χ0) is 17.7. The van der Waals surface area contributed by atoms with Crippen molar-refractivity contribution in [3.8, 4) is 0 Å². The van der Waals surface area contributed by atoms with Gasteiger partial charge in [-0.2, -0.15) is 0 Å². The van der Waals surface area contributed by atoms with Crippen molar-refractivity contribution in [2.75, 3.05) is 13.2 Å². The minimum absolute atomic E-state index is 0.798. The van der Waals surface area contributed by atoms with Crippen LogP contribution in [-0.4, -0.2) is 13.2 Å². The Bertz CT molecular complexity index is 368. The molecule has 2 aliphatic carbocycles. The average molecular weight is 347 g/mol. The fourth-order valence-corrected chi connectivity index (χ4v) is 4.83. The van der Waals surface area contributed by atoms with Gasteiger partial charge < -0.3 is 4.74 Å². The molecule has 0 atom stereocenters. The Kier molecular flexibility index (Phi) is 10.6. The summed E-state index contributed by atoms with van der Waals surface area (Å²) in [6.45, 7) is 6.12. The first-order valence-electron chi connectivity index (χ1n) is 11.2. The van der Waals surface area contributed by atoms with Gasteiger partial charge in [0, 0.05) is 6.61 Å². The normalized spacial score (nSPS) is 31.1. The maximum atomic E-state index is 5.78. The largest absolute Gasteiger partial charge is 0.377 e. The molecule has 0 bridgehead atoms. The van der Waals surface area contributed by atoms with E-state index in [1.54, 1.807) is 0 Å². The predicted octanol–water partition coefficient (Wildman–Crippen LogP) is 7.33. The molecule has 0 radical (unpaired) electrons. The molecule has 0 aromatic carbocycles. The van der Waals surface area contributed by atoms with Crippen LogP contribution >= 0.6 is 0 Å². The minimum atomic E-state index is 0.798. The third-order valence-electron chi connectivity index (χ3n) is 6.56. The number of hydrogen-bond acceptors (Lipinski definition) is 1. The quantitative estimate of drug-likeness (QED) is 0.297. The van der Waals surface area contributed by atoms with Gasteiger partial charge in [0.2, 0.25) is 0 Å². The molecule has 0 amide bonds. The number of ether oxygens (including phenoxy) is 1. The molecular weight excluding hydrogens is 304 g/mol. The molecule has 1 heteroatoms. The van der Waals surface area contributed by atoms with Crippen molar-refractivity contribution < 1.29 is 4.74 Å². The van der Waals surface area contributed by atoms with Crippen LogP contribution in [-0.2, 0) is 4.74 Å². The van der Waals surface area contributed by atoms with Crippen molar-refractivity contribution in [3.63, 3.8) is 0 Å². The maximum Gasteiger partial charge on any atom is 0.0647 e. The number of allylic oxidation sites excluding steroid dienone is 3. The summed E-state index contributed by atoms with van der Waals surface area (Å²) in [5.41, 5.74) is 0. The molecule has 0 heterocycles. The third kappa shape index (κ3) is 8.11. The summed E-state index contributed by atoms with van der Waals surface area (Å²) >= 11 is 0. The maximum absolute atomic E-state index is 5.78. The lowest BCUT2D eigenvalue weighted by Crippen LogP contribution is -2.26. The van der Waals surface area contributed by atoms with Crippen LogP contribution in [0.25, 0.3) is 0 Å². The van der Waals surface area contributed by atoms with Gasteiger partial charge in [-0.15, -0.1) is 0 Å². The van der Waals surface area contributed by atoms with Gasteiger partial charge in [0.25, 0.3) is 0 Å². The summed E-state index contributed by atoms with van der Waals surface area (Å²) in [6.07, 6.45) is 26.2. The van der Waals surface area contributed by atoms with E-state index in [-0.39, 0.29) is 0 Å². The van der Waals surface area contributed by atoms with Crippen molar-refractivity contribution in [2.45, 2.75) is 90.9 Å². The van der Waals surface area contributed by atoms with Crippen LogP contribution in [0.4, 0.5) is 0 Å². The van der Waals surface area contributed by atoms with Crippen LogP contribution in [0.5, 0.6) is 0 Å². The standard InChI is InChI=1S/C24H42O/c1-3-5-7-8-9-10-21-11-15-23(16-12-21)24-17-13-22(14-18-24)20-25-19-6-4-2/h4,6,9-10,21-24H,3,5,7-8,11-20H2,1-2H3/b6-4-,10-9+/t21-,22?,23-,24?. The molecular formula is C24H42O. The van der Waals surface area contributed by atoms with Gasteiger partial charge in [0.05, 0.1) is 6.61 Å². The Morgan fingerprint density at radius 2 is 1.52 bits per heavy atom. The molecule has 1 nitrogen and oxygen atoms in total. The van der Waals surface area contributed by atoms with Crippen LogP contribution < -0.4 is 0 Å². The van der Waals surface area contributed by atoms with Gasteiger partial charge >= 0.3 is 0 Å². The molecule has 25 heavy (non-hydrogen) atoms. The Hall–Kier alpha value is -0.560. The van der Waals surface area contributed by atoms with Crippen molar-refractivity contribution in [2.24, 2.45) is 23.7 Å². The Morgan fingerprint density at radius 1 is 0.840 bits per heavy atom. The molecule has 2 fully saturated rings. The summed E-state index contributed by atoms with van der Waals surface area (Å²) in [5, 5.41) is 0. The van der Waals surface area contributed by atoms with Gasteiger partial charge in [0.1, 0.15) is 0 Å². The third-order valence-corrected chi connectivity index (χ3v) is 6.56. The lowest BCUT2D eigenvalue weighted by atomic mass is 9.69. The van der Waals surface area contributed by atoms with Crippen LogP contribution in [0.2, 0.25) is 0 Å². The van der Waals surface area contributed by atoms with E-state index in [4.69, 9.17) is 4.74 Å². The van der Waals surface area contributed by atoms with E-state index in [9.17, 15) is 0 Å². The predicted molar refractivity (Wildman–Crippen MR) is 110 cm³/mol. The number of hydrogen-bond donors (Lipinski definition) is 0. The molecule has 0 unspecified atom stereocenters. The first-order chi connectivity index (χ1) is 12.3. The average Bonchev–Trinajstić information content (AvgIpc) is 2.66. The van der Waals surface area contributed by atoms with E-state index in [1.165, 1.54) is 77.0 Å². The highest BCUT2D eigenvalue weighted by Gasteiger charge is 2.30. The Balaban J connectivity index is 1.57. The summed E-state index contributed by atoms with van der Waals surface area (Å²) in [5.74, 6) is 3.74. The fourth-order valence-electron chi connectivity index (χ4n) is 4.83. The van der Waals surface area contributed by atoms with Gasteiger partial charge in [-0.05, 0) is 94.8 Å². The van der Waals surface area contributed by atoms with Crippen LogP contribution in [0, 0.1) is 23.7 Å². The zero-order valence-corrected chi connectivity index (χ0v) is 16.9. The second-order valence-corrected chi connectivity index (χ2v) is 8.49. The van der Waals surface area contributed by atoms with Crippen molar-refractivity contribution in [1.82, 2.24) is 0 Å². The molecule has 0 aliphatic heterocycles. The van der Waals surface area contributed by atoms with Gasteiger partial charge in [0.15, 0.2) is 0 Å². The lowest BCUT2D eigenvalue weighted by molar-refractivity contribution is 0.0799. The summed E-state index contributed by atoms with van der Waals surface area (Å²) < 4.78 is 5.78. The molecule has 2 rings (SSSR count). The smallest absolute Gasteiger partial charge is 0.0647 e. The van der Waals surface area contributed by atoms with Gasteiger partial charge in [-0.3, -0.25) is 0 Å². The topological polar surface area (TPSA) is 9.23 Å². The van der Waals surface area contributed by atoms with Crippen molar-refractivity contribution >= 4 is 0 Å². The van der Waals surface area contributed by atoms with Crippen LogP contribution in [0.3, 0.4) is 0 Å². The highest BCUT2D eigenvalue weighted by molar-refractivity contribution is 4.92. The zero-order valence-electron chi connectivity index (χ0n) is 16.9.